The fraction of sp³-hybridized carbons (Fsp3) is 0.520. The molecule has 1 amide bonds. The van der Waals surface area contributed by atoms with Gasteiger partial charge in [-0.3, -0.25) is 14.2 Å². The molecule has 1 aromatic carbocycles. The highest BCUT2D eigenvalue weighted by Crippen LogP contribution is 2.33. The van der Waals surface area contributed by atoms with Crippen molar-refractivity contribution in [1.29, 1.82) is 0 Å². The number of carbonyl (C=O) groups excluding carboxylic acids is 1. The molecular weight excluding hydrogens is 446 g/mol. The van der Waals surface area contributed by atoms with Crippen LogP contribution in [-0.2, 0) is 11.3 Å². The topological polar surface area (TPSA) is 109 Å². The maximum Gasteiger partial charge on any atom is 0.264 e. The van der Waals surface area contributed by atoms with E-state index < -0.39 is 5.60 Å². The summed E-state index contributed by atoms with van der Waals surface area (Å²) in [6.07, 6.45) is 5.91. The van der Waals surface area contributed by atoms with Gasteiger partial charge in [0.15, 0.2) is 5.65 Å². The number of likely N-dealkylation sites (tertiary alicyclic amines) is 1. The lowest BCUT2D eigenvalue weighted by atomic mass is 9.91. The number of anilines is 1. The summed E-state index contributed by atoms with van der Waals surface area (Å²) in [5.74, 6) is 0.394. The first-order valence-electron chi connectivity index (χ1n) is 12.5. The number of hydrogen-bond acceptors (Lipinski definition) is 7. The summed E-state index contributed by atoms with van der Waals surface area (Å²) >= 11 is 0. The molecule has 6 rings (SSSR count). The average Bonchev–Trinajstić information content (AvgIpc) is 3.65. The maximum absolute atomic E-state index is 13.2. The zero-order chi connectivity index (χ0) is 24.0. The summed E-state index contributed by atoms with van der Waals surface area (Å²) in [5.41, 5.74) is 1.26. The van der Waals surface area contributed by atoms with Gasteiger partial charge in [-0.15, -0.1) is 0 Å². The molecule has 0 atom stereocenters. The summed E-state index contributed by atoms with van der Waals surface area (Å²) in [6.45, 7) is 5.13. The van der Waals surface area contributed by atoms with Crippen molar-refractivity contribution >= 4 is 22.6 Å². The standard InChI is InChI=1S/C25H31N7O3/c33-23(18-1-2-18)30-11-7-25(35,8-12-30)16-31-17-27-22-21(24(31)34)15-28-32(22)20-5-3-19(4-6-20)29-13-9-26-10-14-29/h3-6,15,17-18,26,35H,1-2,7-14,16H2. The van der Waals surface area contributed by atoms with Crippen LogP contribution in [-0.4, -0.2) is 80.1 Å². The van der Waals surface area contributed by atoms with E-state index >= 15 is 0 Å². The van der Waals surface area contributed by atoms with Gasteiger partial charge in [-0.1, -0.05) is 0 Å². The lowest BCUT2D eigenvalue weighted by molar-refractivity contribution is -0.137. The molecule has 0 spiro atoms. The minimum Gasteiger partial charge on any atom is -0.388 e. The number of nitrogens with one attached hydrogen (secondary N) is 1. The van der Waals surface area contributed by atoms with Crippen LogP contribution in [0, 0.1) is 5.92 Å². The SMILES string of the molecule is O=C(C1CC1)N1CCC(O)(Cn2cnc3c(cnn3-c3ccc(N4CCNCC4)cc3)c2=O)CC1. The molecule has 10 nitrogen and oxygen atoms in total. The third-order valence-electron chi connectivity index (χ3n) is 7.53. The van der Waals surface area contributed by atoms with Crippen molar-refractivity contribution in [1.82, 2.24) is 29.5 Å². The molecule has 35 heavy (non-hydrogen) atoms. The van der Waals surface area contributed by atoms with Crippen LogP contribution in [0.1, 0.15) is 25.7 Å². The Morgan fingerprint density at radius 3 is 2.43 bits per heavy atom. The Hall–Kier alpha value is -3.24. The third-order valence-corrected chi connectivity index (χ3v) is 7.53. The lowest BCUT2D eigenvalue weighted by Crippen LogP contribution is -2.50. The molecule has 2 N–H and O–H groups in total. The smallest absolute Gasteiger partial charge is 0.264 e. The summed E-state index contributed by atoms with van der Waals surface area (Å²) < 4.78 is 3.15. The minimum absolute atomic E-state index is 0.158. The molecule has 2 aromatic heterocycles. The highest BCUT2D eigenvalue weighted by atomic mass is 16.3. The van der Waals surface area contributed by atoms with Gasteiger partial charge >= 0.3 is 0 Å². The van der Waals surface area contributed by atoms with Gasteiger partial charge < -0.3 is 20.2 Å². The van der Waals surface area contributed by atoms with Gasteiger partial charge in [0.05, 0.1) is 24.0 Å². The average molecular weight is 478 g/mol. The van der Waals surface area contributed by atoms with Crippen LogP contribution >= 0.6 is 0 Å². The highest BCUT2D eigenvalue weighted by Gasteiger charge is 2.39. The molecule has 0 unspecified atom stereocenters. The van der Waals surface area contributed by atoms with Crippen LogP contribution in [0.25, 0.3) is 16.7 Å². The first-order chi connectivity index (χ1) is 17.0. The molecule has 2 aliphatic heterocycles. The van der Waals surface area contributed by atoms with E-state index in [4.69, 9.17) is 0 Å². The molecule has 1 aliphatic carbocycles. The van der Waals surface area contributed by atoms with Gasteiger partial charge in [-0.25, -0.2) is 9.67 Å². The number of amides is 1. The molecule has 4 heterocycles. The number of carbonyl (C=O) groups is 1. The van der Waals surface area contributed by atoms with Gasteiger partial charge in [0.2, 0.25) is 5.91 Å². The second-order valence-electron chi connectivity index (χ2n) is 10.0. The Morgan fingerprint density at radius 1 is 1.06 bits per heavy atom. The monoisotopic (exact) mass is 477 g/mol. The van der Waals surface area contributed by atoms with Crippen molar-refractivity contribution in [2.24, 2.45) is 5.92 Å². The number of piperazine rings is 1. The largest absolute Gasteiger partial charge is 0.388 e. The van der Waals surface area contributed by atoms with E-state index in [9.17, 15) is 14.7 Å². The van der Waals surface area contributed by atoms with Gasteiger partial charge in [0.1, 0.15) is 11.7 Å². The maximum atomic E-state index is 13.2. The molecule has 10 heteroatoms. The Labute approximate surface area is 203 Å². The zero-order valence-corrected chi connectivity index (χ0v) is 19.8. The van der Waals surface area contributed by atoms with E-state index in [2.05, 4.69) is 32.4 Å². The molecule has 3 aromatic rings. The number of aromatic nitrogens is 4. The Morgan fingerprint density at radius 2 is 1.74 bits per heavy atom. The van der Waals surface area contributed by atoms with Crippen LogP contribution < -0.4 is 15.8 Å². The first-order valence-corrected chi connectivity index (χ1v) is 12.5. The fourth-order valence-electron chi connectivity index (χ4n) is 5.18. The van der Waals surface area contributed by atoms with E-state index in [-0.39, 0.29) is 23.9 Å². The number of hydrogen-bond donors (Lipinski definition) is 2. The van der Waals surface area contributed by atoms with Crippen molar-refractivity contribution < 1.29 is 9.90 Å². The Kier molecular flexibility index (Phi) is 5.57. The van der Waals surface area contributed by atoms with Crippen molar-refractivity contribution in [3.63, 3.8) is 0 Å². The van der Waals surface area contributed by atoms with Gasteiger partial charge in [0.25, 0.3) is 5.56 Å². The summed E-state index contributed by atoms with van der Waals surface area (Å²) in [7, 11) is 0. The van der Waals surface area contributed by atoms with E-state index in [1.807, 2.05) is 17.0 Å². The summed E-state index contributed by atoms with van der Waals surface area (Å²) in [6, 6.07) is 8.14. The van der Waals surface area contributed by atoms with Crippen LogP contribution in [0.15, 0.2) is 41.6 Å². The molecule has 0 bridgehead atoms. The molecule has 1 saturated carbocycles. The number of aliphatic hydroxyl groups is 1. The van der Waals surface area contributed by atoms with Crippen molar-refractivity contribution in [2.45, 2.75) is 37.8 Å². The zero-order valence-electron chi connectivity index (χ0n) is 19.8. The summed E-state index contributed by atoms with van der Waals surface area (Å²) in [4.78, 5) is 34.2. The predicted octanol–water partition coefficient (Wildman–Crippen LogP) is 0.755. The number of nitrogens with zero attached hydrogens (tertiary/aromatic N) is 6. The number of benzene rings is 1. The third kappa shape index (κ3) is 4.32. The highest BCUT2D eigenvalue weighted by molar-refractivity contribution is 5.81. The van der Waals surface area contributed by atoms with Crippen LogP contribution in [0.2, 0.25) is 0 Å². The normalized spacial score (nSPS) is 20.4. The van der Waals surface area contributed by atoms with E-state index in [1.165, 1.54) is 16.6 Å². The number of fused-ring (bicyclic) bond motifs is 1. The lowest BCUT2D eigenvalue weighted by Gasteiger charge is -2.38. The molecule has 0 radical (unpaired) electrons. The quantitative estimate of drug-likeness (QED) is 0.558. The van der Waals surface area contributed by atoms with Crippen molar-refractivity contribution in [2.75, 3.05) is 44.2 Å². The fourth-order valence-corrected chi connectivity index (χ4v) is 5.18. The van der Waals surface area contributed by atoms with Gasteiger partial charge in [0, 0.05) is 50.9 Å². The Balaban J connectivity index is 1.19. The summed E-state index contributed by atoms with van der Waals surface area (Å²) in [5, 5.41) is 19.4. The minimum atomic E-state index is -1.03. The van der Waals surface area contributed by atoms with Gasteiger partial charge in [-0.2, -0.15) is 5.10 Å². The molecule has 2 saturated heterocycles. The van der Waals surface area contributed by atoms with Crippen molar-refractivity contribution in [3.8, 4) is 5.69 Å². The molecule has 3 aliphatic rings. The Bertz CT molecular complexity index is 1280. The molecular formula is C25H31N7O3. The second kappa shape index (κ2) is 8.76. The molecule has 3 fully saturated rings. The van der Waals surface area contributed by atoms with E-state index in [0.717, 1.165) is 44.7 Å². The van der Waals surface area contributed by atoms with Crippen molar-refractivity contribution in [3.05, 3.63) is 47.1 Å². The number of piperidine rings is 1. The van der Waals surface area contributed by atoms with Crippen LogP contribution in [0.3, 0.4) is 0 Å². The van der Waals surface area contributed by atoms with Crippen LogP contribution in [0.4, 0.5) is 5.69 Å². The first kappa shape index (κ1) is 22.2. The second-order valence-corrected chi connectivity index (χ2v) is 10.0. The predicted molar refractivity (Wildman–Crippen MR) is 132 cm³/mol. The van der Waals surface area contributed by atoms with E-state index in [0.29, 0.717) is 37.0 Å². The van der Waals surface area contributed by atoms with Crippen LogP contribution in [0.5, 0.6) is 0 Å². The van der Waals surface area contributed by atoms with E-state index in [1.54, 1.807) is 10.9 Å². The number of rotatable bonds is 5. The molecule has 184 valence electrons. The van der Waals surface area contributed by atoms with Gasteiger partial charge in [-0.05, 0) is 49.9 Å².